The third-order valence-electron chi connectivity index (χ3n) is 5.21. The molecule has 0 saturated heterocycles. The number of carbonyl (C=O) groups excluding carboxylic acids is 2. The van der Waals surface area contributed by atoms with E-state index in [2.05, 4.69) is 17.4 Å². The van der Waals surface area contributed by atoms with Crippen LogP contribution in [0.1, 0.15) is 27.1 Å². The highest BCUT2D eigenvalue weighted by Gasteiger charge is 2.39. The molecule has 32 heavy (non-hydrogen) atoms. The van der Waals surface area contributed by atoms with Crippen molar-refractivity contribution >= 4 is 34.4 Å². The van der Waals surface area contributed by atoms with Gasteiger partial charge in [-0.25, -0.2) is 0 Å². The molecule has 1 aliphatic heterocycles. The quantitative estimate of drug-likeness (QED) is 0.504. The lowest BCUT2D eigenvalue weighted by molar-refractivity contribution is -0.137. The van der Waals surface area contributed by atoms with Crippen LogP contribution in [0.2, 0.25) is 0 Å². The zero-order valence-electron chi connectivity index (χ0n) is 18.7. The summed E-state index contributed by atoms with van der Waals surface area (Å²) in [6.07, 6.45) is 0. The van der Waals surface area contributed by atoms with Gasteiger partial charge in [-0.3, -0.25) is 14.5 Å². The van der Waals surface area contributed by atoms with E-state index in [-0.39, 0.29) is 25.0 Å². The predicted octanol–water partition coefficient (Wildman–Crippen LogP) is 5.25. The molecule has 1 N–H and O–H groups in total. The number of aryl methyl sites for hydroxylation is 4. The smallest absolute Gasteiger partial charge is 0.278 e. The lowest BCUT2D eigenvalue weighted by Gasteiger charge is -2.16. The highest BCUT2D eigenvalue weighted by Crippen LogP contribution is 2.33. The number of nitrogens with one attached hydrogen (secondary N) is 1. The summed E-state index contributed by atoms with van der Waals surface area (Å²) in [5.74, 6) is 0.108. The third kappa shape index (κ3) is 4.60. The molecule has 1 aliphatic rings. The van der Waals surface area contributed by atoms with Crippen molar-refractivity contribution in [2.24, 2.45) is 0 Å². The summed E-state index contributed by atoms with van der Waals surface area (Å²) in [7, 11) is 0. The minimum Gasteiger partial charge on any atom is -0.492 e. The number of rotatable bonds is 7. The van der Waals surface area contributed by atoms with Crippen LogP contribution >= 0.6 is 11.3 Å². The van der Waals surface area contributed by atoms with Gasteiger partial charge in [-0.05, 0) is 85.7 Å². The van der Waals surface area contributed by atoms with Crippen LogP contribution in [-0.2, 0) is 9.59 Å². The molecular formula is C26H26N2O3S. The molecule has 0 fully saturated rings. The summed E-state index contributed by atoms with van der Waals surface area (Å²) in [4.78, 5) is 28.6. The SMILES string of the molecule is Cc1cc(C)cc(NC2=C(c3cccs3)C(=O)N(CCOc3cc(C)cc(C)c3)C2=O)c1. The summed E-state index contributed by atoms with van der Waals surface area (Å²) in [6.45, 7) is 8.44. The highest BCUT2D eigenvalue weighted by molar-refractivity contribution is 7.11. The zero-order chi connectivity index (χ0) is 22.8. The van der Waals surface area contributed by atoms with Crippen LogP contribution in [-0.4, -0.2) is 29.9 Å². The Labute approximate surface area is 192 Å². The van der Waals surface area contributed by atoms with Gasteiger partial charge >= 0.3 is 0 Å². The van der Waals surface area contributed by atoms with Crippen molar-refractivity contribution in [3.8, 4) is 5.75 Å². The predicted molar refractivity (Wildman–Crippen MR) is 129 cm³/mol. The molecule has 4 rings (SSSR count). The molecule has 2 amide bonds. The Hall–Kier alpha value is -3.38. The molecule has 0 spiro atoms. The van der Waals surface area contributed by atoms with Gasteiger partial charge in [0.25, 0.3) is 11.8 Å². The van der Waals surface area contributed by atoms with Gasteiger partial charge in [0.15, 0.2) is 0 Å². The Morgan fingerprint density at radius 2 is 1.50 bits per heavy atom. The van der Waals surface area contributed by atoms with Gasteiger partial charge in [0, 0.05) is 10.6 Å². The average Bonchev–Trinajstić information content (AvgIpc) is 3.29. The number of thiophene rings is 1. The van der Waals surface area contributed by atoms with Gasteiger partial charge < -0.3 is 10.1 Å². The Morgan fingerprint density at radius 3 is 2.09 bits per heavy atom. The molecule has 1 aromatic heterocycles. The van der Waals surface area contributed by atoms with Crippen LogP contribution in [0.5, 0.6) is 5.75 Å². The van der Waals surface area contributed by atoms with Crippen LogP contribution in [0.3, 0.4) is 0 Å². The molecule has 2 aromatic carbocycles. The second-order valence-electron chi connectivity index (χ2n) is 8.16. The minimum absolute atomic E-state index is 0.178. The summed E-state index contributed by atoms with van der Waals surface area (Å²) >= 11 is 1.44. The Balaban J connectivity index is 1.56. The Bertz CT molecular complexity index is 1170. The van der Waals surface area contributed by atoms with Crippen LogP contribution in [0.15, 0.2) is 59.6 Å². The molecular weight excluding hydrogens is 420 g/mol. The van der Waals surface area contributed by atoms with E-state index in [1.54, 1.807) is 0 Å². The lowest BCUT2D eigenvalue weighted by atomic mass is 10.1. The molecule has 0 bridgehead atoms. The molecule has 5 nitrogen and oxygen atoms in total. The summed E-state index contributed by atoms with van der Waals surface area (Å²) < 4.78 is 5.85. The Morgan fingerprint density at radius 1 is 0.875 bits per heavy atom. The number of benzene rings is 2. The number of ether oxygens (including phenoxy) is 1. The van der Waals surface area contributed by atoms with Crippen molar-refractivity contribution in [3.63, 3.8) is 0 Å². The van der Waals surface area contributed by atoms with E-state index >= 15 is 0 Å². The lowest BCUT2D eigenvalue weighted by Crippen LogP contribution is -2.36. The molecule has 0 saturated carbocycles. The number of anilines is 1. The van der Waals surface area contributed by atoms with Crippen molar-refractivity contribution < 1.29 is 14.3 Å². The fraction of sp³-hybridized carbons (Fsp3) is 0.231. The monoisotopic (exact) mass is 446 g/mol. The van der Waals surface area contributed by atoms with Crippen molar-refractivity contribution in [2.45, 2.75) is 27.7 Å². The summed E-state index contributed by atoms with van der Waals surface area (Å²) in [6, 6.07) is 15.7. The fourth-order valence-electron chi connectivity index (χ4n) is 4.01. The molecule has 0 atom stereocenters. The first-order chi connectivity index (χ1) is 15.3. The maximum absolute atomic E-state index is 13.3. The molecule has 3 aromatic rings. The largest absolute Gasteiger partial charge is 0.492 e. The van der Waals surface area contributed by atoms with Crippen LogP contribution in [0.4, 0.5) is 5.69 Å². The number of hydrogen-bond acceptors (Lipinski definition) is 5. The first-order valence-electron chi connectivity index (χ1n) is 10.5. The van der Waals surface area contributed by atoms with Crippen molar-refractivity contribution in [1.82, 2.24) is 4.90 Å². The maximum atomic E-state index is 13.3. The van der Waals surface area contributed by atoms with E-state index in [4.69, 9.17) is 4.74 Å². The van der Waals surface area contributed by atoms with Crippen molar-refractivity contribution in [2.75, 3.05) is 18.5 Å². The minimum atomic E-state index is -0.332. The van der Waals surface area contributed by atoms with Crippen LogP contribution in [0, 0.1) is 27.7 Å². The standard InChI is InChI=1S/C26H26N2O3S/c1-16-10-17(2)13-20(12-16)27-24-23(22-6-5-9-32-22)25(29)28(26(24)30)7-8-31-21-14-18(3)11-19(4)15-21/h5-6,9-15,27H,7-8H2,1-4H3. The molecule has 164 valence electrons. The van der Waals surface area contributed by atoms with E-state index in [1.165, 1.54) is 16.2 Å². The van der Waals surface area contributed by atoms with E-state index < -0.39 is 0 Å². The second-order valence-corrected chi connectivity index (χ2v) is 9.11. The van der Waals surface area contributed by atoms with E-state index in [9.17, 15) is 9.59 Å². The first kappa shape index (κ1) is 21.8. The normalized spacial score (nSPS) is 13.8. The summed E-state index contributed by atoms with van der Waals surface area (Å²) in [5, 5.41) is 5.13. The topological polar surface area (TPSA) is 58.6 Å². The number of hydrogen-bond donors (Lipinski definition) is 1. The first-order valence-corrected chi connectivity index (χ1v) is 11.4. The fourth-order valence-corrected chi connectivity index (χ4v) is 4.77. The van der Waals surface area contributed by atoms with Crippen molar-refractivity contribution in [1.29, 1.82) is 0 Å². The van der Waals surface area contributed by atoms with E-state index in [0.717, 1.165) is 38.6 Å². The van der Waals surface area contributed by atoms with E-state index in [0.29, 0.717) is 11.3 Å². The van der Waals surface area contributed by atoms with Gasteiger partial charge in [0.2, 0.25) is 0 Å². The average molecular weight is 447 g/mol. The van der Waals surface area contributed by atoms with E-state index in [1.807, 2.05) is 69.5 Å². The van der Waals surface area contributed by atoms with Crippen LogP contribution < -0.4 is 10.1 Å². The number of amides is 2. The van der Waals surface area contributed by atoms with Gasteiger partial charge in [-0.2, -0.15) is 0 Å². The maximum Gasteiger partial charge on any atom is 0.278 e. The summed E-state index contributed by atoms with van der Waals surface area (Å²) in [5.41, 5.74) is 5.90. The number of nitrogens with zero attached hydrogens (tertiary/aromatic N) is 1. The van der Waals surface area contributed by atoms with Gasteiger partial charge in [-0.1, -0.05) is 18.2 Å². The third-order valence-corrected chi connectivity index (χ3v) is 6.09. The van der Waals surface area contributed by atoms with Crippen LogP contribution in [0.25, 0.3) is 5.57 Å². The second kappa shape index (κ2) is 9.01. The number of imide groups is 1. The molecule has 2 heterocycles. The van der Waals surface area contributed by atoms with Gasteiger partial charge in [-0.15, -0.1) is 11.3 Å². The van der Waals surface area contributed by atoms with Gasteiger partial charge in [0.05, 0.1) is 12.1 Å². The molecule has 0 unspecified atom stereocenters. The molecule has 6 heteroatoms. The molecule has 0 aliphatic carbocycles. The Kier molecular flexibility index (Phi) is 6.15. The zero-order valence-corrected chi connectivity index (χ0v) is 19.5. The number of carbonyl (C=O) groups is 2. The molecule has 0 radical (unpaired) electrons. The van der Waals surface area contributed by atoms with Gasteiger partial charge in [0.1, 0.15) is 18.1 Å². The highest BCUT2D eigenvalue weighted by atomic mass is 32.1. The van der Waals surface area contributed by atoms with Crippen molar-refractivity contribution in [3.05, 3.63) is 86.7 Å².